The summed E-state index contributed by atoms with van der Waals surface area (Å²) in [6, 6.07) is 10.4. The number of carbonyl (C=O) groups is 2. The number of Topliss-reactive ketones (excluding diaryl/α,β-unsaturated/α-hetero) is 1. The summed E-state index contributed by atoms with van der Waals surface area (Å²) in [5.41, 5.74) is 2.97. The molecule has 0 N–H and O–H groups in total. The van der Waals surface area contributed by atoms with E-state index in [1.807, 2.05) is 30.3 Å². The van der Waals surface area contributed by atoms with E-state index in [2.05, 4.69) is 9.98 Å². The summed E-state index contributed by atoms with van der Waals surface area (Å²) in [4.78, 5) is 33.4. The summed E-state index contributed by atoms with van der Waals surface area (Å²) in [6.45, 7) is 2.08. The zero-order valence-electron chi connectivity index (χ0n) is 14.4. The number of hydrogen-bond acceptors (Lipinski definition) is 5. The quantitative estimate of drug-likeness (QED) is 0.756. The average molecular weight is 371 g/mol. The van der Waals surface area contributed by atoms with Gasteiger partial charge in [-0.1, -0.05) is 23.7 Å². The molecule has 0 amide bonds. The van der Waals surface area contributed by atoms with Gasteiger partial charge in [0, 0.05) is 29.6 Å². The minimum absolute atomic E-state index is 0.0243. The predicted octanol–water partition coefficient (Wildman–Crippen LogP) is 3.41. The van der Waals surface area contributed by atoms with Gasteiger partial charge in [-0.25, -0.2) is 0 Å². The van der Waals surface area contributed by atoms with Crippen LogP contribution in [-0.4, -0.2) is 35.1 Å². The third-order valence-corrected chi connectivity index (χ3v) is 4.42. The van der Waals surface area contributed by atoms with Crippen LogP contribution >= 0.6 is 11.6 Å². The third-order valence-electron chi connectivity index (χ3n) is 4.18. The second-order valence-electron chi connectivity index (χ2n) is 6.00. The van der Waals surface area contributed by atoms with Gasteiger partial charge >= 0.3 is 5.97 Å². The van der Waals surface area contributed by atoms with Crippen molar-refractivity contribution < 1.29 is 14.3 Å². The average Bonchev–Trinajstić information content (AvgIpc) is 2.77. The zero-order valence-corrected chi connectivity index (χ0v) is 15.2. The number of ether oxygens (including phenoxy) is 1. The largest absolute Gasteiger partial charge is 0.466 e. The number of ketones is 1. The monoisotopic (exact) mass is 370 g/mol. The molecule has 0 spiro atoms. The Balaban J connectivity index is 1.99. The van der Waals surface area contributed by atoms with Gasteiger partial charge < -0.3 is 4.74 Å². The van der Waals surface area contributed by atoms with Crippen molar-refractivity contribution in [2.75, 3.05) is 6.61 Å². The Hall–Kier alpha value is -2.53. The molecule has 0 saturated carbocycles. The molecule has 0 radical (unpaired) electrons. The first-order valence-electron chi connectivity index (χ1n) is 8.55. The first kappa shape index (κ1) is 18.3. The molecule has 0 bridgehead atoms. The summed E-state index contributed by atoms with van der Waals surface area (Å²) in [5, 5.41) is 0.574. The highest BCUT2D eigenvalue weighted by atomic mass is 35.5. The maximum absolute atomic E-state index is 12.7. The zero-order chi connectivity index (χ0) is 18.5. The lowest BCUT2D eigenvalue weighted by Crippen LogP contribution is -2.22. The van der Waals surface area contributed by atoms with Crippen molar-refractivity contribution >= 4 is 29.1 Å². The van der Waals surface area contributed by atoms with Gasteiger partial charge in [-0.15, -0.1) is 0 Å². The molecule has 1 aromatic heterocycles. The molecular formula is C20H19ClN2O3. The van der Waals surface area contributed by atoms with Crippen LogP contribution in [0.4, 0.5) is 0 Å². The topological polar surface area (TPSA) is 68.6 Å². The van der Waals surface area contributed by atoms with Crippen molar-refractivity contribution in [1.82, 2.24) is 4.98 Å². The SMILES string of the molecule is CCOC(=O)CC[C@@H]1N=C(c2ccccn2)c2cc(Cl)ccc2CC1=O. The third kappa shape index (κ3) is 4.17. The van der Waals surface area contributed by atoms with E-state index in [-0.39, 0.29) is 24.6 Å². The molecule has 134 valence electrons. The smallest absolute Gasteiger partial charge is 0.305 e. The van der Waals surface area contributed by atoms with Crippen LogP contribution in [0.1, 0.15) is 36.6 Å². The Morgan fingerprint density at radius 1 is 1.31 bits per heavy atom. The first-order valence-corrected chi connectivity index (χ1v) is 8.92. The Bertz CT molecular complexity index is 849. The number of aliphatic imine (C=N–C) groups is 1. The van der Waals surface area contributed by atoms with E-state index in [0.717, 1.165) is 11.1 Å². The van der Waals surface area contributed by atoms with Crippen LogP contribution in [0.25, 0.3) is 0 Å². The molecule has 0 saturated heterocycles. The Labute approximate surface area is 157 Å². The summed E-state index contributed by atoms with van der Waals surface area (Å²) < 4.78 is 4.96. The van der Waals surface area contributed by atoms with Crippen molar-refractivity contribution in [3.8, 4) is 0 Å². The number of benzene rings is 1. The van der Waals surface area contributed by atoms with Crippen LogP contribution in [-0.2, 0) is 20.7 Å². The minimum Gasteiger partial charge on any atom is -0.466 e. The number of carbonyl (C=O) groups excluding carboxylic acids is 2. The van der Waals surface area contributed by atoms with Gasteiger partial charge in [0.1, 0.15) is 6.04 Å². The summed E-state index contributed by atoms with van der Waals surface area (Å²) in [7, 11) is 0. The highest BCUT2D eigenvalue weighted by Gasteiger charge is 2.27. The van der Waals surface area contributed by atoms with Crippen molar-refractivity contribution in [3.63, 3.8) is 0 Å². The molecule has 2 heterocycles. The number of rotatable bonds is 5. The second-order valence-corrected chi connectivity index (χ2v) is 6.43. The number of halogens is 1. The van der Waals surface area contributed by atoms with E-state index in [1.54, 1.807) is 19.2 Å². The Morgan fingerprint density at radius 2 is 2.15 bits per heavy atom. The van der Waals surface area contributed by atoms with Gasteiger partial charge in [-0.2, -0.15) is 0 Å². The van der Waals surface area contributed by atoms with E-state index >= 15 is 0 Å². The molecule has 2 aromatic rings. The van der Waals surface area contributed by atoms with Crippen molar-refractivity contribution in [2.45, 2.75) is 32.2 Å². The molecule has 0 fully saturated rings. The molecule has 26 heavy (non-hydrogen) atoms. The van der Waals surface area contributed by atoms with Gasteiger partial charge in [-0.05, 0) is 43.2 Å². The normalized spacial score (nSPS) is 16.5. The van der Waals surface area contributed by atoms with E-state index in [9.17, 15) is 9.59 Å². The van der Waals surface area contributed by atoms with Crippen LogP contribution in [0.15, 0.2) is 47.6 Å². The Kier molecular flexibility index (Phi) is 5.78. The lowest BCUT2D eigenvalue weighted by Gasteiger charge is -2.11. The standard InChI is InChI=1S/C20H19ClN2O3/c1-2-26-19(25)9-8-16-18(24)11-13-6-7-14(21)12-15(13)20(23-16)17-5-3-4-10-22-17/h3-7,10,12,16H,2,8-9,11H2,1H3/t16-/m0/s1. The molecule has 5 nitrogen and oxygen atoms in total. The molecule has 1 aromatic carbocycles. The van der Waals surface area contributed by atoms with Crippen LogP contribution in [0.5, 0.6) is 0 Å². The number of aromatic nitrogens is 1. The highest BCUT2D eigenvalue weighted by Crippen LogP contribution is 2.25. The lowest BCUT2D eigenvalue weighted by atomic mass is 9.97. The van der Waals surface area contributed by atoms with Crippen LogP contribution in [0, 0.1) is 0 Å². The molecular weight excluding hydrogens is 352 g/mol. The van der Waals surface area contributed by atoms with Gasteiger partial charge in [-0.3, -0.25) is 19.6 Å². The molecule has 3 rings (SSSR count). The molecule has 0 aliphatic carbocycles. The van der Waals surface area contributed by atoms with Crippen molar-refractivity contribution in [3.05, 3.63) is 64.4 Å². The predicted molar refractivity (Wildman–Crippen MR) is 99.7 cm³/mol. The van der Waals surface area contributed by atoms with Gasteiger partial charge in [0.15, 0.2) is 5.78 Å². The van der Waals surface area contributed by atoms with Crippen molar-refractivity contribution in [1.29, 1.82) is 0 Å². The first-order chi connectivity index (χ1) is 12.6. The fraction of sp³-hybridized carbons (Fsp3) is 0.300. The van der Waals surface area contributed by atoms with Gasteiger partial charge in [0.25, 0.3) is 0 Å². The second kappa shape index (κ2) is 8.23. The number of fused-ring (bicyclic) bond motifs is 1. The van der Waals surface area contributed by atoms with E-state index in [4.69, 9.17) is 16.3 Å². The molecule has 1 aliphatic rings. The lowest BCUT2D eigenvalue weighted by molar-refractivity contribution is -0.143. The summed E-state index contributed by atoms with van der Waals surface area (Å²) in [5.74, 6) is -0.344. The van der Waals surface area contributed by atoms with Gasteiger partial charge in [0.05, 0.1) is 18.0 Å². The number of esters is 1. The summed E-state index contributed by atoms with van der Waals surface area (Å²) in [6.07, 6.45) is 2.40. The van der Waals surface area contributed by atoms with Crippen LogP contribution in [0.3, 0.4) is 0 Å². The van der Waals surface area contributed by atoms with E-state index < -0.39 is 6.04 Å². The maximum atomic E-state index is 12.7. The van der Waals surface area contributed by atoms with E-state index in [0.29, 0.717) is 29.5 Å². The number of nitrogens with zero attached hydrogens (tertiary/aromatic N) is 2. The summed E-state index contributed by atoms with van der Waals surface area (Å²) >= 11 is 6.17. The fourth-order valence-corrected chi connectivity index (χ4v) is 3.12. The number of hydrogen-bond donors (Lipinski definition) is 0. The minimum atomic E-state index is -0.609. The molecule has 0 unspecified atom stereocenters. The van der Waals surface area contributed by atoms with Crippen molar-refractivity contribution in [2.24, 2.45) is 4.99 Å². The molecule has 6 heteroatoms. The van der Waals surface area contributed by atoms with Crippen LogP contribution < -0.4 is 0 Å². The maximum Gasteiger partial charge on any atom is 0.305 e. The van der Waals surface area contributed by atoms with Gasteiger partial charge in [0.2, 0.25) is 0 Å². The molecule has 1 aliphatic heterocycles. The highest BCUT2D eigenvalue weighted by molar-refractivity contribution is 6.31. The molecule has 1 atom stereocenters. The fourth-order valence-electron chi connectivity index (χ4n) is 2.95. The number of pyridine rings is 1. The van der Waals surface area contributed by atoms with Crippen LogP contribution in [0.2, 0.25) is 5.02 Å². The van der Waals surface area contributed by atoms with E-state index in [1.165, 1.54) is 0 Å². The Morgan fingerprint density at radius 3 is 2.88 bits per heavy atom.